The van der Waals surface area contributed by atoms with E-state index < -0.39 is 54.0 Å². The molecular weight excluding hydrogens is 440 g/mol. The molecule has 0 aliphatic heterocycles. The number of carboxylic acids is 1. The standard InChI is InChI=1S/C24H38N4O6/c1-13(2)11-18(24(33)34)27-21(30)17(12-16-9-7-6-8-10-16)26-23(32)20(14(3)4)28-22(31)19(25)15(5)29/h6-10,13-15,17-20,29H,11-12,25H2,1-5H3,(H,26,32)(H,27,30)(H,28,31)(H,33,34). The smallest absolute Gasteiger partial charge is 0.326 e. The number of benzene rings is 1. The Balaban J connectivity index is 3.10. The fraction of sp³-hybridized carbons (Fsp3) is 0.583. The molecule has 5 atom stereocenters. The molecule has 1 aromatic carbocycles. The van der Waals surface area contributed by atoms with Crippen LogP contribution in [0.25, 0.3) is 0 Å². The summed E-state index contributed by atoms with van der Waals surface area (Å²) in [6.07, 6.45) is -0.755. The number of aliphatic hydroxyl groups excluding tert-OH is 1. The summed E-state index contributed by atoms with van der Waals surface area (Å²) in [6.45, 7) is 8.49. The Morgan fingerprint density at radius 2 is 1.41 bits per heavy atom. The summed E-state index contributed by atoms with van der Waals surface area (Å²) >= 11 is 0. The largest absolute Gasteiger partial charge is 0.480 e. The van der Waals surface area contributed by atoms with Crippen LogP contribution in [0.2, 0.25) is 0 Å². The van der Waals surface area contributed by atoms with E-state index in [-0.39, 0.29) is 24.7 Å². The summed E-state index contributed by atoms with van der Waals surface area (Å²) in [5.41, 5.74) is 6.43. The molecule has 10 nitrogen and oxygen atoms in total. The van der Waals surface area contributed by atoms with Crippen molar-refractivity contribution in [2.45, 2.75) is 77.7 Å². The van der Waals surface area contributed by atoms with E-state index in [1.165, 1.54) is 6.92 Å². The number of carbonyl (C=O) groups excluding carboxylic acids is 3. The fourth-order valence-electron chi connectivity index (χ4n) is 3.29. The predicted molar refractivity (Wildman–Crippen MR) is 128 cm³/mol. The van der Waals surface area contributed by atoms with Crippen LogP contribution in [0.3, 0.4) is 0 Å². The highest BCUT2D eigenvalue weighted by Crippen LogP contribution is 2.10. The number of carbonyl (C=O) groups is 4. The van der Waals surface area contributed by atoms with Gasteiger partial charge < -0.3 is 31.9 Å². The number of amides is 3. The molecule has 0 bridgehead atoms. The van der Waals surface area contributed by atoms with Crippen molar-refractivity contribution >= 4 is 23.7 Å². The molecule has 0 heterocycles. The molecule has 0 aromatic heterocycles. The van der Waals surface area contributed by atoms with E-state index in [0.29, 0.717) is 0 Å². The molecule has 0 radical (unpaired) electrons. The van der Waals surface area contributed by atoms with Gasteiger partial charge in [-0.1, -0.05) is 58.0 Å². The topological polar surface area (TPSA) is 171 Å². The maximum Gasteiger partial charge on any atom is 0.326 e. The number of aliphatic hydroxyl groups is 1. The van der Waals surface area contributed by atoms with Crippen molar-refractivity contribution in [2.24, 2.45) is 17.6 Å². The van der Waals surface area contributed by atoms with Crippen molar-refractivity contribution in [1.29, 1.82) is 0 Å². The van der Waals surface area contributed by atoms with Crippen LogP contribution in [0.15, 0.2) is 30.3 Å². The van der Waals surface area contributed by atoms with Gasteiger partial charge >= 0.3 is 5.97 Å². The van der Waals surface area contributed by atoms with Crippen LogP contribution in [0.4, 0.5) is 0 Å². The van der Waals surface area contributed by atoms with Gasteiger partial charge in [-0.2, -0.15) is 0 Å². The van der Waals surface area contributed by atoms with E-state index in [0.717, 1.165) is 5.56 Å². The molecule has 0 aliphatic carbocycles. The lowest BCUT2D eigenvalue weighted by molar-refractivity contribution is -0.142. The molecule has 0 saturated heterocycles. The van der Waals surface area contributed by atoms with Crippen LogP contribution >= 0.6 is 0 Å². The van der Waals surface area contributed by atoms with Crippen molar-refractivity contribution < 1.29 is 29.4 Å². The minimum absolute atomic E-state index is 0.0298. The zero-order chi connectivity index (χ0) is 26.0. The quantitative estimate of drug-likeness (QED) is 0.235. The number of hydrogen-bond acceptors (Lipinski definition) is 6. The van der Waals surface area contributed by atoms with Crippen LogP contribution in [-0.4, -0.2) is 64.2 Å². The Morgan fingerprint density at radius 3 is 1.88 bits per heavy atom. The highest BCUT2D eigenvalue weighted by Gasteiger charge is 2.32. The van der Waals surface area contributed by atoms with Crippen molar-refractivity contribution in [3.63, 3.8) is 0 Å². The monoisotopic (exact) mass is 478 g/mol. The van der Waals surface area contributed by atoms with Crippen LogP contribution < -0.4 is 21.7 Å². The molecule has 0 fully saturated rings. The molecule has 7 N–H and O–H groups in total. The summed E-state index contributed by atoms with van der Waals surface area (Å²) in [6, 6.07) is 4.56. The number of carboxylic acid groups (broad SMARTS) is 1. The molecule has 0 aliphatic rings. The molecule has 5 unspecified atom stereocenters. The Bertz CT molecular complexity index is 828. The third-order valence-electron chi connectivity index (χ3n) is 5.31. The van der Waals surface area contributed by atoms with Crippen molar-refractivity contribution in [3.8, 4) is 0 Å². The average Bonchev–Trinajstić information content (AvgIpc) is 2.75. The van der Waals surface area contributed by atoms with Crippen LogP contribution in [0, 0.1) is 11.8 Å². The summed E-state index contributed by atoms with van der Waals surface area (Å²) < 4.78 is 0. The number of rotatable bonds is 13. The zero-order valence-electron chi connectivity index (χ0n) is 20.4. The van der Waals surface area contributed by atoms with Crippen molar-refractivity contribution in [1.82, 2.24) is 16.0 Å². The van der Waals surface area contributed by atoms with E-state index in [1.807, 2.05) is 19.9 Å². The number of aliphatic carboxylic acids is 1. The zero-order valence-corrected chi connectivity index (χ0v) is 20.4. The molecule has 3 amide bonds. The first-order valence-corrected chi connectivity index (χ1v) is 11.4. The second kappa shape index (κ2) is 13.7. The Morgan fingerprint density at radius 1 is 0.853 bits per heavy atom. The second-order valence-electron chi connectivity index (χ2n) is 9.28. The van der Waals surface area contributed by atoms with E-state index in [9.17, 15) is 29.4 Å². The van der Waals surface area contributed by atoms with E-state index in [1.54, 1.807) is 38.1 Å². The Labute approximate surface area is 200 Å². The van der Waals surface area contributed by atoms with Gasteiger partial charge in [-0.25, -0.2) is 4.79 Å². The summed E-state index contributed by atoms with van der Waals surface area (Å²) in [5, 5.41) is 26.8. The Kier molecular flexibility index (Phi) is 11.7. The minimum atomic E-state index is -1.22. The summed E-state index contributed by atoms with van der Waals surface area (Å²) in [4.78, 5) is 50.1. The molecule has 190 valence electrons. The first kappa shape index (κ1) is 29.1. The van der Waals surface area contributed by atoms with Gasteiger partial charge in [0.15, 0.2) is 0 Å². The van der Waals surface area contributed by atoms with Crippen LogP contribution in [0.5, 0.6) is 0 Å². The van der Waals surface area contributed by atoms with Crippen LogP contribution in [-0.2, 0) is 25.6 Å². The number of hydrogen-bond donors (Lipinski definition) is 6. The molecule has 0 saturated carbocycles. The van der Waals surface area contributed by atoms with E-state index >= 15 is 0 Å². The van der Waals surface area contributed by atoms with Gasteiger partial charge in [0.05, 0.1) is 6.10 Å². The summed E-state index contributed by atoms with van der Waals surface area (Å²) in [7, 11) is 0. The molecule has 1 aromatic rings. The molecular formula is C24H38N4O6. The SMILES string of the molecule is CC(C)CC(NC(=O)C(Cc1ccccc1)NC(=O)C(NC(=O)C(N)C(C)O)C(C)C)C(=O)O. The fourth-order valence-corrected chi connectivity index (χ4v) is 3.29. The lowest BCUT2D eigenvalue weighted by Gasteiger charge is -2.27. The number of nitrogens with one attached hydrogen (secondary N) is 3. The van der Waals surface area contributed by atoms with Gasteiger partial charge in [0.2, 0.25) is 17.7 Å². The molecule has 10 heteroatoms. The van der Waals surface area contributed by atoms with E-state index in [2.05, 4.69) is 16.0 Å². The van der Waals surface area contributed by atoms with Crippen molar-refractivity contribution in [2.75, 3.05) is 0 Å². The molecule has 34 heavy (non-hydrogen) atoms. The highest BCUT2D eigenvalue weighted by molar-refractivity contribution is 5.94. The minimum Gasteiger partial charge on any atom is -0.480 e. The first-order chi connectivity index (χ1) is 15.8. The number of nitrogens with two attached hydrogens (primary N) is 1. The molecule has 1 rings (SSSR count). The Hall–Kier alpha value is -2.98. The maximum absolute atomic E-state index is 13.1. The van der Waals surface area contributed by atoms with Gasteiger partial charge in [0.25, 0.3) is 0 Å². The second-order valence-corrected chi connectivity index (χ2v) is 9.28. The molecule has 0 spiro atoms. The lowest BCUT2D eigenvalue weighted by atomic mass is 9.99. The third-order valence-corrected chi connectivity index (χ3v) is 5.31. The van der Waals surface area contributed by atoms with Gasteiger partial charge in [-0.05, 0) is 30.7 Å². The van der Waals surface area contributed by atoms with Crippen LogP contribution in [0.1, 0.15) is 46.6 Å². The van der Waals surface area contributed by atoms with Gasteiger partial charge in [-0.15, -0.1) is 0 Å². The predicted octanol–water partition coefficient (Wildman–Crippen LogP) is 0.178. The van der Waals surface area contributed by atoms with Crippen molar-refractivity contribution in [3.05, 3.63) is 35.9 Å². The lowest BCUT2D eigenvalue weighted by Crippen LogP contribution is -2.59. The first-order valence-electron chi connectivity index (χ1n) is 11.4. The highest BCUT2D eigenvalue weighted by atomic mass is 16.4. The van der Waals surface area contributed by atoms with Gasteiger partial charge in [0, 0.05) is 6.42 Å². The third kappa shape index (κ3) is 9.48. The van der Waals surface area contributed by atoms with Gasteiger partial charge in [0.1, 0.15) is 24.2 Å². The summed E-state index contributed by atoms with van der Waals surface area (Å²) in [5.74, 6) is -3.43. The maximum atomic E-state index is 13.1. The van der Waals surface area contributed by atoms with Gasteiger partial charge in [-0.3, -0.25) is 14.4 Å². The van der Waals surface area contributed by atoms with E-state index in [4.69, 9.17) is 5.73 Å². The normalized spacial score (nSPS) is 15.7. The average molecular weight is 479 g/mol.